The first-order valence-electron chi connectivity index (χ1n) is 13.8. The van der Waals surface area contributed by atoms with Gasteiger partial charge in [0.2, 0.25) is 11.8 Å². The molecule has 2 fully saturated rings. The lowest BCUT2D eigenvalue weighted by Gasteiger charge is -2.54. The van der Waals surface area contributed by atoms with Gasteiger partial charge in [0.15, 0.2) is 0 Å². The second kappa shape index (κ2) is 12.3. The molecule has 0 unspecified atom stereocenters. The topological polar surface area (TPSA) is 99.7 Å². The zero-order valence-corrected chi connectivity index (χ0v) is 24.7. The molecular formula is C31H35ClN6O4. The molecule has 2 aliphatic heterocycles. The van der Waals surface area contributed by atoms with E-state index >= 15 is 0 Å². The van der Waals surface area contributed by atoms with E-state index in [4.69, 9.17) is 11.6 Å². The molecule has 2 N–H and O–H groups in total. The Kier molecular flexibility index (Phi) is 8.56. The molecule has 220 valence electrons. The molecule has 0 aliphatic carbocycles. The van der Waals surface area contributed by atoms with Crippen LogP contribution in [0.3, 0.4) is 0 Å². The standard InChI is InChI=1S/C31H35ClN6O4/c1-34(2)29-23(10-7-11-25(29)32)18-36-19-27-37(26(30(36)41)16-21-12-14-24(39)15-13-21)28(40)20-35(3)38(27)31(42)33-17-22-8-5-4-6-9-22/h4-15,26-27,39H,16-20H2,1-3H3,(H,33,42)/t26-,27-/m0/s1. The van der Waals surface area contributed by atoms with Gasteiger partial charge in [-0.3, -0.25) is 9.59 Å². The van der Waals surface area contributed by atoms with Gasteiger partial charge in [-0.15, -0.1) is 0 Å². The quantitative estimate of drug-likeness (QED) is 0.438. The molecule has 2 aliphatic rings. The summed E-state index contributed by atoms with van der Waals surface area (Å²) in [6, 6.07) is 20.6. The zero-order chi connectivity index (χ0) is 30.0. The molecule has 0 bridgehead atoms. The van der Waals surface area contributed by atoms with Gasteiger partial charge >= 0.3 is 6.03 Å². The molecule has 4 amide bonds. The Balaban J connectivity index is 1.49. The number of nitrogens with one attached hydrogen (secondary N) is 1. The summed E-state index contributed by atoms with van der Waals surface area (Å²) >= 11 is 6.54. The number of para-hydroxylation sites is 1. The number of likely N-dealkylation sites (N-methyl/N-ethyl adjacent to an activating group) is 1. The lowest BCUT2D eigenvalue weighted by Crippen LogP contribution is -2.76. The van der Waals surface area contributed by atoms with Crippen LogP contribution in [-0.2, 0) is 29.1 Å². The number of rotatable bonds is 7. The first-order valence-corrected chi connectivity index (χ1v) is 14.2. The largest absolute Gasteiger partial charge is 0.508 e. The van der Waals surface area contributed by atoms with Crippen molar-refractivity contribution >= 4 is 35.1 Å². The number of hydrogen-bond acceptors (Lipinski definition) is 6. The number of amides is 4. The molecule has 0 saturated carbocycles. The average molecular weight is 591 g/mol. The van der Waals surface area contributed by atoms with E-state index in [2.05, 4.69) is 5.32 Å². The fraction of sp³-hybridized carbons (Fsp3) is 0.323. The van der Waals surface area contributed by atoms with E-state index in [9.17, 15) is 19.5 Å². The monoisotopic (exact) mass is 590 g/mol. The summed E-state index contributed by atoms with van der Waals surface area (Å²) in [4.78, 5) is 46.5. The van der Waals surface area contributed by atoms with Gasteiger partial charge in [-0.1, -0.05) is 66.2 Å². The van der Waals surface area contributed by atoms with E-state index in [1.54, 1.807) is 57.2 Å². The van der Waals surface area contributed by atoms with Crippen LogP contribution in [-0.4, -0.2) is 89.2 Å². The van der Waals surface area contributed by atoms with Crippen molar-refractivity contribution < 1.29 is 19.5 Å². The Morgan fingerprint density at radius 3 is 2.40 bits per heavy atom. The number of benzene rings is 3. The highest BCUT2D eigenvalue weighted by atomic mass is 35.5. The van der Waals surface area contributed by atoms with Gasteiger partial charge in [0.05, 0.1) is 23.8 Å². The van der Waals surface area contributed by atoms with Crippen LogP contribution in [0.5, 0.6) is 5.75 Å². The van der Waals surface area contributed by atoms with Crippen molar-refractivity contribution in [1.82, 2.24) is 25.1 Å². The average Bonchev–Trinajstić information content (AvgIpc) is 2.95. The van der Waals surface area contributed by atoms with Crippen molar-refractivity contribution in [1.29, 1.82) is 0 Å². The summed E-state index contributed by atoms with van der Waals surface area (Å²) in [5, 5.41) is 16.5. The third-order valence-electron chi connectivity index (χ3n) is 7.68. The van der Waals surface area contributed by atoms with Crippen molar-refractivity contribution in [2.24, 2.45) is 0 Å². The predicted molar refractivity (Wildman–Crippen MR) is 161 cm³/mol. The molecule has 2 saturated heterocycles. The SMILES string of the molecule is CN(C)c1c(Cl)cccc1CN1C[C@H]2N(C(=O)CN(C)N2C(=O)NCc2ccccc2)[C@@H](Cc2ccc(O)cc2)C1=O. The van der Waals surface area contributed by atoms with Gasteiger partial charge in [-0.05, 0) is 34.9 Å². The molecule has 11 heteroatoms. The summed E-state index contributed by atoms with van der Waals surface area (Å²) in [5.74, 6) is -0.336. The Bertz CT molecular complexity index is 1450. The minimum absolute atomic E-state index is 0.0479. The summed E-state index contributed by atoms with van der Waals surface area (Å²) in [5.41, 5.74) is 3.39. The number of phenolic OH excluding ortho intramolecular Hbond substituents is 1. The molecule has 3 aromatic rings. The molecule has 0 radical (unpaired) electrons. The molecule has 2 atom stereocenters. The Morgan fingerprint density at radius 1 is 1.00 bits per heavy atom. The van der Waals surface area contributed by atoms with Crippen LogP contribution in [0.1, 0.15) is 16.7 Å². The highest BCUT2D eigenvalue weighted by molar-refractivity contribution is 6.33. The lowest BCUT2D eigenvalue weighted by atomic mass is 9.98. The van der Waals surface area contributed by atoms with E-state index in [0.717, 1.165) is 22.4 Å². The van der Waals surface area contributed by atoms with Crippen LogP contribution in [0.15, 0.2) is 72.8 Å². The van der Waals surface area contributed by atoms with Crippen LogP contribution in [0.25, 0.3) is 0 Å². The number of carbonyl (C=O) groups is 3. The number of halogens is 1. The maximum Gasteiger partial charge on any atom is 0.334 e. The van der Waals surface area contributed by atoms with Gasteiger partial charge in [0, 0.05) is 40.7 Å². The second-order valence-corrected chi connectivity index (χ2v) is 11.2. The van der Waals surface area contributed by atoms with Crippen LogP contribution in [0, 0.1) is 0 Å². The summed E-state index contributed by atoms with van der Waals surface area (Å²) in [6.07, 6.45) is -0.495. The highest BCUT2D eigenvalue weighted by Gasteiger charge is 2.50. The van der Waals surface area contributed by atoms with Crippen LogP contribution < -0.4 is 10.2 Å². The molecule has 0 spiro atoms. The second-order valence-electron chi connectivity index (χ2n) is 10.8. The Labute approximate surface area is 250 Å². The van der Waals surface area contributed by atoms with Gasteiger partial charge < -0.3 is 25.1 Å². The number of carbonyl (C=O) groups excluding carboxylic acids is 3. The summed E-state index contributed by atoms with van der Waals surface area (Å²) in [7, 11) is 5.49. The van der Waals surface area contributed by atoms with E-state index < -0.39 is 12.2 Å². The number of fused-ring (bicyclic) bond motifs is 1. The fourth-order valence-corrected chi connectivity index (χ4v) is 6.11. The minimum Gasteiger partial charge on any atom is -0.508 e. The van der Waals surface area contributed by atoms with Crippen molar-refractivity contribution in [2.75, 3.05) is 39.1 Å². The van der Waals surface area contributed by atoms with Gasteiger partial charge in [-0.2, -0.15) is 0 Å². The maximum atomic E-state index is 14.1. The van der Waals surface area contributed by atoms with Crippen LogP contribution in [0.2, 0.25) is 5.02 Å². The molecule has 5 rings (SSSR count). The predicted octanol–water partition coefficient (Wildman–Crippen LogP) is 3.29. The van der Waals surface area contributed by atoms with Crippen molar-refractivity contribution in [3.05, 3.63) is 94.5 Å². The first kappa shape index (κ1) is 29.2. The number of hydrazine groups is 1. The fourth-order valence-electron chi connectivity index (χ4n) is 5.75. The van der Waals surface area contributed by atoms with E-state index in [1.165, 1.54) is 0 Å². The van der Waals surface area contributed by atoms with Gasteiger partial charge in [0.25, 0.3) is 0 Å². The highest BCUT2D eigenvalue weighted by Crippen LogP contribution is 2.33. The Morgan fingerprint density at radius 2 is 1.71 bits per heavy atom. The van der Waals surface area contributed by atoms with Gasteiger partial charge in [-0.25, -0.2) is 14.8 Å². The maximum absolute atomic E-state index is 14.1. The molecule has 3 aromatic carbocycles. The van der Waals surface area contributed by atoms with Crippen molar-refractivity contribution in [3.63, 3.8) is 0 Å². The normalized spacial score (nSPS) is 19.1. The van der Waals surface area contributed by atoms with Crippen molar-refractivity contribution in [3.8, 4) is 5.75 Å². The molecule has 0 aromatic heterocycles. The summed E-state index contributed by atoms with van der Waals surface area (Å²) in [6.45, 7) is 0.645. The third kappa shape index (κ3) is 6.00. The van der Waals surface area contributed by atoms with E-state index in [-0.39, 0.29) is 49.7 Å². The van der Waals surface area contributed by atoms with Crippen molar-refractivity contribution in [2.45, 2.75) is 31.7 Å². The molecular weight excluding hydrogens is 556 g/mol. The smallest absolute Gasteiger partial charge is 0.334 e. The summed E-state index contributed by atoms with van der Waals surface area (Å²) < 4.78 is 0. The third-order valence-corrected chi connectivity index (χ3v) is 7.98. The number of phenols is 1. The van der Waals surface area contributed by atoms with E-state index in [1.807, 2.05) is 61.5 Å². The zero-order valence-electron chi connectivity index (χ0n) is 23.9. The van der Waals surface area contributed by atoms with Crippen LogP contribution in [0.4, 0.5) is 10.5 Å². The first-order chi connectivity index (χ1) is 20.1. The van der Waals surface area contributed by atoms with Crippen LogP contribution >= 0.6 is 11.6 Å². The number of aromatic hydroxyl groups is 1. The minimum atomic E-state index is -0.846. The molecule has 2 heterocycles. The van der Waals surface area contributed by atoms with Gasteiger partial charge in [0.1, 0.15) is 18.0 Å². The number of nitrogens with zero attached hydrogens (tertiary/aromatic N) is 5. The molecule has 42 heavy (non-hydrogen) atoms. The molecule has 10 nitrogen and oxygen atoms in total. The number of piperazine rings is 1. The lowest BCUT2D eigenvalue weighted by molar-refractivity contribution is -0.187. The number of urea groups is 1. The van der Waals surface area contributed by atoms with E-state index in [0.29, 0.717) is 11.6 Å². The Hall–Kier alpha value is -4.28. The number of hydrogen-bond donors (Lipinski definition) is 2. The number of anilines is 1.